The molecule has 0 aromatic rings. The Morgan fingerprint density at radius 3 is 1.44 bits per heavy atom. The molecule has 1 saturated heterocycles. The van der Waals surface area contributed by atoms with Crippen molar-refractivity contribution in [3.8, 4) is 0 Å². The zero-order chi connectivity index (χ0) is 20.6. The lowest BCUT2D eigenvalue weighted by atomic mass is 10.2. The van der Waals surface area contributed by atoms with E-state index in [4.69, 9.17) is 8.85 Å². The highest BCUT2D eigenvalue weighted by molar-refractivity contribution is 6.75. The fourth-order valence-electron chi connectivity index (χ4n) is 4.42. The van der Waals surface area contributed by atoms with Gasteiger partial charge >= 0.3 is 0 Å². The molecule has 6 heteroatoms. The van der Waals surface area contributed by atoms with E-state index in [-0.39, 0.29) is 11.1 Å². The highest BCUT2D eigenvalue weighted by Crippen LogP contribution is 2.32. The Hall–Kier alpha value is 0.531. The lowest BCUT2D eigenvalue weighted by molar-refractivity contribution is 0.0447. The van der Waals surface area contributed by atoms with Gasteiger partial charge in [-0.05, 0) is 75.5 Å². The minimum Gasteiger partial charge on any atom is -0.397 e. The van der Waals surface area contributed by atoms with Crippen LogP contribution in [-0.4, -0.2) is 55.2 Å². The minimum atomic E-state index is -1.68. The second-order valence-electron chi connectivity index (χ2n) is 8.52. The predicted molar refractivity (Wildman–Crippen MR) is 126 cm³/mol. The predicted octanol–water partition coefficient (Wildman–Crippen LogP) is 6.24. The van der Waals surface area contributed by atoms with Gasteiger partial charge in [-0.25, -0.2) is 0 Å². The molecule has 160 valence electrons. The molecular weight excluding hydrogens is 382 g/mol. The molecule has 1 heterocycles. The summed E-state index contributed by atoms with van der Waals surface area (Å²) >= 11 is 0. The summed E-state index contributed by atoms with van der Waals surface area (Å²) in [4.78, 5) is 2.73. The lowest BCUT2D eigenvalue weighted by Gasteiger charge is -2.44. The SMILES string of the molecule is CCC(C)([Si]C(O[Si](CC)(CC)CC)O[Si](CC)(CC)CC)N1CCCC1. The van der Waals surface area contributed by atoms with Gasteiger partial charge in [-0.15, -0.1) is 0 Å². The monoisotopic (exact) mass is 429 g/mol. The Labute approximate surface area is 175 Å². The first-order valence-electron chi connectivity index (χ1n) is 11.7. The first-order valence-corrected chi connectivity index (χ1v) is 17.8. The van der Waals surface area contributed by atoms with Crippen molar-refractivity contribution in [3.63, 3.8) is 0 Å². The average Bonchev–Trinajstić information content (AvgIpc) is 3.26. The Morgan fingerprint density at radius 2 is 1.15 bits per heavy atom. The highest BCUT2D eigenvalue weighted by Gasteiger charge is 2.42. The van der Waals surface area contributed by atoms with Gasteiger partial charge in [-0.2, -0.15) is 0 Å². The lowest BCUT2D eigenvalue weighted by Crippen LogP contribution is -2.58. The van der Waals surface area contributed by atoms with E-state index >= 15 is 0 Å². The van der Waals surface area contributed by atoms with Gasteiger partial charge in [0.2, 0.25) is 0 Å². The second kappa shape index (κ2) is 11.6. The Morgan fingerprint density at radius 1 is 0.778 bits per heavy atom. The molecule has 1 fully saturated rings. The summed E-state index contributed by atoms with van der Waals surface area (Å²) < 4.78 is 14.1. The average molecular weight is 430 g/mol. The summed E-state index contributed by atoms with van der Waals surface area (Å²) in [7, 11) is -2.65. The van der Waals surface area contributed by atoms with Crippen LogP contribution >= 0.6 is 0 Å². The summed E-state index contributed by atoms with van der Waals surface area (Å²) in [5.74, 6) is 0.0218. The zero-order valence-electron chi connectivity index (χ0n) is 19.6. The van der Waals surface area contributed by atoms with Gasteiger partial charge in [0.25, 0.3) is 0 Å². The van der Waals surface area contributed by atoms with Crippen LogP contribution in [-0.2, 0) is 8.85 Å². The summed E-state index contributed by atoms with van der Waals surface area (Å²) in [6, 6.07) is 7.23. The molecule has 1 aliphatic rings. The third-order valence-electron chi connectivity index (χ3n) is 7.50. The van der Waals surface area contributed by atoms with Crippen LogP contribution in [0.15, 0.2) is 0 Å². The summed E-state index contributed by atoms with van der Waals surface area (Å²) in [6.07, 6.45) is 3.88. The summed E-state index contributed by atoms with van der Waals surface area (Å²) in [6.45, 7) is 21.3. The van der Waals surface area contributed by atoms with Crippen molar-refractivity contribution in [2.24, 2.45) is 0 Å². The van der Waals surface area contributed by atoms with Crippen LogP contribution in [0.3, 0.4) is 0 Å². The van der Waals surface area contributed by atoms with Gasteiger partial charge in [0.1, 0.15) is 15.4 Å². The Balaban J connectivity index is 3.11. The smallest absolute Gasteiger partial charge is 0.194 e. The molecule has 0 N–H and O–H groups in total. The molecule has 1 unspecified atom stereocenters. The van der Waals surface area contributed by atoms with Crippen molar-refractivity contribution in [2.75, 3.05) is 13.1 Å². The van der Waals surface area contributed by atoms with E-state index in [9.17, 15) is 0 Å². The van der Waals surface area contributed by atoms with Crippen molar-refractivity contribution >= 4 is 26.2 Å². The van der Waals surface area contributed by atoms with Crippen molar-refractivity contribution in [2.45, 2.75) is 122 Å². The van der Waals surface area contributed by atoms with Crippen LogP contribution in [0.5, 0.6) is 0 Å². The van der Waals surface area contributed by atoms with E-state index in [1.54, 1.807) is 0 Å². The molecular formula is C21H47NO2Si3. The molecule has 0 amide bonds. The van der Waals surface area contributed by atoms with Crippen LogP contribution < -0.4 is 0 Å². The van der Waals surface area contributed by atoms with E-state index in [0.29, 0.717) is 0 Å². The van der Waals surface area contributed by atoms with Gasteiger partial charge < -0.3 is 13.8 Å². The molecule has 3 nitrogen and oxygen atoms in total. The summed E-state index contributed by atoms with van der Waals surface area (Å²) in [5.41, 5.74) is 0. The van der Waals surface area contributed by atoms with E-state index in [2.05, 4.69) is 60.3 Å². The van der Waals surface area contributed by atoms with Gasteiger partial charge in [0, 0.05) is 5.16 Å². The van der Waals surface area contributed by atoms with Crippen LogP contribution in [0.4, 0.5) is 0 Å². The highest BCUT2D eigenvalue weighted by atomic mass is 28.4. The quantitative estimate of drug-likeness (QED) is 0.241. The van der Waals surface area contributed by atoms with Gasteiger partial charge in [0.15, 0.2) is 16.6 Å². The Kier molecular flexibility index (Phi) is 11.0. The molecule has 0 saturated carbocycles. The van der Waals surface area contributed by atoms with Gasteiger partial charge in [-0.1, -0.05) is 48.5 Å². The van der Waals surface area contributed by atoms with Crippen molar-refractivity contribution < 1.29 is 8.85 Å². The number of hydrogen-bond acceptors (Lipinski definition) is 3. The van der Waals surface area contributed by atoms with Crippen LogP contribution in [0.2, 0.25) is 36.3 Å². The summed E-state index contributed by atoms with van der Waals surface area (Å²) in [5, 5.41) is 0.228. The first kappa shape index (κ1) is 25.6. The molecule has 1 atom stereocenters. The van der Waals surface area contributed by atoms with Gasteiger partial charge in [0.05, 0.1) is 0 Å². The number of hydrogen-bond donors (Lipinski definition) is 0. The fourth-order valence-corrected chi connectivity index (χ4v) is 12.6. The molecule has 27 heavy (non-hydrogen) atoms. The largest absolute Gasteiger partial charge is 0.397 e. The van der Waals surface area contributed by atoms with Crippen LogP contribution in [0.1, 0.15) is 74.7 Å². The first-order chi connectivity index (χ1) is 12.8. The molecule has 1 rings (SSSR count). The van der Waals surface area contributed by atoms with Crippen molar-refractivity contribution in [3.05, 3.63) is 0 Å². The van der Waals surface area contributed by atoms with Crippen LogP contribution in [0.25, 0.3) is 0 Å². The Bertz CT molecular complexity index is 372. The molecule has 0 spiro atoms. The van der Waals surface area contributed by atoms with Crippen LogP contribution in [0, 0.1) is 0 Å². The molecule has 0 bridgehead atoms. The third kappa shape index (κ3) is 6.51. The van der Waals surface area contributed by atoms with Gasteiger partial charge in [-0.3, -0.25) is 0 Å². The maximum Gasteiger partial charge on any atom is 0.194 e. The standard InChI is InChI=1S/C21H47NO2Si3/c1-9-21(8,22-18-16-17-19-22)25-20(23-26(10-2,11-3)12-4)24-27(13-5,14-6)15-7/h20H,9-19H2,1-8H3. The van der Waals surface area contributed by atoms with E-state index in [1.165, 1.54) is 68.6 Å². The zero-order valence-corrected chi connectivity index (χ0v) is 22.6. The molecule has 1 aliphatic heterocycles. The maximum atomic E-state index is 7.04. The van der Waals surface area contributed by atoms with E-state index in [1.807, 2.05) is 0 Å². The number of rotatable bonds is 14. The molecule has 0 aliphatic carbocycles. The maximum absolute atomic E-state index is 7.04. The fraction of sp³-hybridized carbons (Fsp3) is 1.00. The van der Waals surface area contributed by atoms with Crippen molar-refractivity contribution in [1.82, 2.24) is 4.90 Å². The van der Waals surface area contributed by atoms with E-state index < -0.39 is 16.6 Å². The third-order valence-corrected chi connectivity index (χ3v) is 18.9. The minimum absolute atomic E-state index is 0.0218. The molecule has 0 aromatic heterocycles. The van der Waals surface area contributed by atoms with E-state index in [0.717, 1.165) is 9.52 Å². The number of likely N-dealkylation sites (tertiary alicyclic amines) is 1. The van der Waals surface area contributed by atoms with Crippen molar-refractivity contribution in [1.29, 1.82) is 0 Å². The molecule has 2 radical (unpaired) electrons. The normalized spacial score (nSPS) is 19.0. The molecule has 0 aromatic carbocycles. The topological polar surface area (TPSA) is 21.7 Å². The number of nitrogens with zero attached hydrogens (tertiary/aromatic N) is 1. The second-order valence-corrected chi connectivity index (χ2v) is 19.8.